The van der Waals surface area contributed by atoms with Crippen LogP contribution < -0.4 is 20.1 Å². The molecule has 2 aromatic carbocycles. The van der Waals surface area contributed by atoms with Crippen molar-refractivity contribution in [3.63, 3.8) is 0 Å². The standard InChI is InChI=1S/C16H14N2O3S/c19-15(18-16(22)17-12-4-2-1-3-5-12)11-6-7-13-14(10-11)21-9-8-20-13/h1-7,10H,8-9H2,(H2,17,18,19,22). The number of rotatable bonds is 2. The van der Waals surface area contributed by atoms with Gasteiger partial charge >= 0.3 is 0 Å². The van der Waals surface area contributed by atoms with Crippen LogP contribution in [0.15, 0.2) is 48.5 Å². The number of para-hydroxylation sites is 1. The van der Waals surface area contributed by atoms with Gasteiger partial charge in [-0.2, -0.15) is 0 Å². The number of carbonyl (C=O) groups is 1. The molecule has 0 aliphatic carbocycles. The van der Waals surface area contributed by atoms with Crippen molar-refractivity contribution in [2.45, 2.75) is 0 Å². The molecule has 2 N–H and O–H groups in total. The molecule has 1 aliphatic heterocycles. The van der Waals surface area contributed by atoms with Crippen LogP contribution in [-0.2, 0) is 0 Å². The zero-order chi connectivity index (χ0) is 15.4. The smallest absolute Gasteiger partial charge is 0.257 e. The van der Waals surface area contributed by atoms with Crippen molar-refractivity contribution in [2.75, 3.05) is 18.5 Å². The van der Waals surface area contributed by atoms with Gasteiger partial charge in [-0.1, -0.05) is 18.2 Å². The van der Waals surface area contributed by atoms with Gasteiger partial charge in [-0.25, -0.2) is 0 Å². The van der Waals surface area contributed by atoms with Gasteiger partial charge in [-0.3, -0.25) is 10.1 Å². The summed E-state index contributed by atoms with van der Waals surface area (Å²) in [6.45, 7) is 0.996. The number of fused-ring (bicyclic) bond motifs is 1. The molecule has 0 unspecified atom stereocenters. The van der Waals surface area contributed by atoms with Crippen molar-refractivity contribution in [3.8, 4) is 11.5 Å². The molecule has 0 fully saturated rings. The highest BCUT2D eigenvalue weighted by Crippen LogP contribution is 2.30. The van der Waals surface area contributed by atoms with E-state index in [2.05, 4.69) is 10.6 Å². The third-order valence-electron chi connectivity index (χ3n) is 3.06. The van der Waals surface area contributed by atoms with E-state index in [1.807, 2.05) is 30.3 Å². The van der Waals surface area contributed by atoms with Crippen LogP contribution >= 0.6 is 12.2 Å². The predicted molar refractivity (Wildman–Crippen MR) is 87.6 cm³/mol. The monoisotopic (exact) mass is 314 g/mol. The predicted octanol–water partition coefficient (Wildman–Crippen LogP) is 2.58. The molecule has 2 aromatic rings. The molecule has 0 saturated heterocycles. The van der Waals surface area contributed by atoms with Gasteiger partial charge in [0.05, 0.1) is 0 Å². The van der Waals surface area contributed by atoms with Crippen LogP contribution in [0.4, 0.5) is 5.69 Å². The van der Waals surface area contributed by atoms with Crippen LogP contribution in [0.2, 0.25) is 0 Å². The van der Waals surface area contributed by atoms with E-state index in [0.29, 0.717) is 30.3 Å². The normalized spacial score (nSPS) is 12.4. The van der Waals surface area contributed by atoms with Gasteiger partial charge in [0.1, 0.15) is 13.2 Å². The van der Waals surface area contributed by atoms with Crippen LogP contribution in [0.25, 0.3) is 0 Å². The van der Waals surface area contributed by atoms with E-state index in [0.717, 1.165) is 5.69 Å². The molecule has 5 nitrogen and oxygen atoms in total. The van der Waals surface area contributed by atoms with E-state index in [9.17, 15) is 4.79 Å². The maximum Gasteiger partial charge on any atom is 0.257 e. The van der Waals surface area contributed by atoms with E-state index in [1.54, 1.807) is 18.2 Å². The number of ether oxygens (including phenoxy) is 2. The second-order valence-electron chi connectivity index (χ2n) is 4.63. The summed E-state index contributed by atoms with van der Waals surface area (Å²) in [5.74, 6) is 0.916. The number of thiocarbonyl (C=S) groups is 1. The number of hydrogen-bond donors (Lipinski definition) is 2. The van der Waals surface area contributed by atoms with Gasteiger partial charge in [0, 0.05) is 11.3 Å². The Kier molecular flexibility index (Phi) is 4.20. The Morgan fingerprint density at radius 2 is 1.73 bits per heavy atom. The molecule has 6 heteroatoms. The van der Waals surface area contributed by atoms with Crippen LogP contribution in [0.5, 0.6) is 11.5 Å². The minimum atomic E-state index is -0.301. The molecule has 0 aromatic heterocycles. The highest BCUT2D eigenvalue weighted by Gasteiger charge is 2.15. The largest absolute Gasteiger partial charge is 0.486 e. The van der Waals surface area contributed by atoms with Gasteiger partial charge in [0.15, 0.2) is 16.6 Å². The first-order valence-corrected chi connectivity index (χ1v) is 7.20. The number of hydrogen-bond acceptors (Lipinski definition) is 4. The minimum Gasteiger partial charge on any atom is -0.486 e. The molecule has 1 amide bonds. The van der Waals surface area contributed by atoms with E-state index < -0.39 is 0 Å². The number of amides is 1. The first kappa shape index (κ1) is 14.3. The topological polar surface area (TPSA) is 59.6 Å². The fraction of sp³-hybridized carbons (Fsp3) is 0.125. The van der Waals surface area contributed by atoms with Crippen LogP contribution in [-0.4, -0.2) is 24.2 Å². The quantitative estimate of drug-likeness (QED) is 0.834. The van der Waals surface area contributed by atoms with Crippen molar-refractivity contribution in [3.05, 3.63) is 54.1 Å². The average molecular weight is 314 g/mol. The van der Waals surface area contributed by atoms with Gasteiger partial charge < -0.3 is 14.8 Å². The van der Waals surface area contributed by atoms with Crippen LogP contribution in [0.3, 0.4) is 0 Å². The summed E-state index contributed by atoms with van der Waals surface area (Å²) in [5, 5.41) is 5.83. The van der Waals surface area contributed by atoms with Crippen molar-refractivity contribution >= 4 is 28.9 Å². The lowest BCUT2D eigenvalue weighted by atomic mass is 10.2. The van der Waals surface area contributed by atoms with E-state index in [-0.39, 0.29) is 11.0 Å². The molecule has 0 bridgehead atoms. The van der Waals surface area contributed by atoms with Gasteiger partial charge in [-0.05, 0) is 42.5 Å². The number of benzene rings is 2. The zero-order valence-corrected chi connectivity index (χ0v) is 12.5. The minimum absolute atomic E-state index is 0.242. The summed E-state index contributed by atoms with van der Waals surface area (Å²) in [5.41, 5.74) is 1.27. The maximum atomic E-state index is 12.2. The molecule has 112 valence electrons. The van der Waals surface area contributed by atoms with Gasteiger partial charge in [-0.15, -0.1) is 0 Å². The average Bonchev–Trinajstić information content (AvgIpc) is 2.55. The third kappa shape index (κ3) is 3.35. The Morgan fingerprint density at radius 3 is 2.50 bits per heavy atom. The molecule has 22 heavy (non-hydrogen) atoms. The maximum absolute atomic E-state index is 12.2. The van der Waals surface area contributed by atoms with Crippen molar-refractivity contribution in [2.24, 2.45) is 0 Å². The molecular formula is C16H14N2O3S. The lowest BCUT2D eigenvalue weighted by molar-refractivity contribution is 0.0976. The summed E-state index contributed by atoms with van der Waals surface area (Å²) < 4.78 is 10.9. The molecule has 0 atom stereocenters. The molecule has 1 heterocycles. The Morgan fingerprint density at radius 1 is 1.00 bits per heavy atom. The first-order chi connectivity index (χ1) is 10.7. The van der Waals surface area contributed by atoms with Crippen LogP contribution in [0, 0.1) is 0 Å². The zero-order valence-electron chi connectivity index (χ0n) is 11.7. The highest BCUT2D eigenvalue weighted by molar-refractivity contribution is 7.80. The van der Waals surface area contributed by atoms with E-state index in [4.69, 9.17) is 21.7 Å². The fourth-order valence-corrected chi connectivity index (χ4v) is 2.25. The van der Waals surface area contributed by atoms with Gasteiger partial charge in [0.2, 0.25) is 0 Å². The summed E-state index contributed by atoms with van der Waals surface area (Å²) in [6.07, 6.45) is 0. The summed E-state index contributed by atoms with van der Waals surface area (Å²) in [4.78, 5) is 12.2. The summed E-state index contributed by atoms with van der Waals surface area (Å²) in [6, 6.07) is 14.4. The Labute approximate surface area is 133 Å². The molecule has 1 aliphatic rings. The fourth-order valence-electron chi connectivity index (χ4n) is 2.04. The first-order valence-electron chi connectivity index (χ1n) is 6.79. The van der Waals surface area contributed by atoms with Crippen LogP contribution in [0.1, 0.15) is 10.4 Å². The molecular weight excluding hydrogens is 300 g/mol. The van der Waals surface area contributed by atoms with Gasteiger partial charge in [0.25, 0.3) is 5.91 Å². The molecule has 0 spiro atoms. The van der Waals surface area contributed by atoms with Crippen molar-refractivity contribution in [1.29, 1.82) is 0 Å². The number of carbonyl (C=O) groups excluding carboxylic acids is 1. The molecule has 0 saturated carbocycles. The van der Waals surface area contributed by atoms with E-state index in [1.165, 1.54) is 0 Å². The van der Waals surface area contributed by atoms with Crippen molar-refractivity contribution < 1.29 is 14.3 Å². The lowest BCUT2D eigenvalue weighted by Crippen LogP contribution is -2.34. The second-order valence-corrected chi connectivity index (χ2v) is 5.04. The van der Waals surface area contributed by atoms with E-state index >= 15 is 0 Å². The number of anilines is 1. The Balaban J connectivity index is 1.65. The third-order valence-corrected chi connectivity index (χ3v) is 3.27. The Bertz CT molecular complexity index is 704. The van der Waals surface area contributed by atoms with Crippen molar-refractivity contribution in [1.82, 2.24) is 5.32 Å². The highest BCUT2D eigenvalue weighted by atomic mass is 32.1. The lowest BCUT2D eigenvalue weighted by Gasteiger charge is -2.18. The Hall–Kier alpha value is -2.60. The molecule has 3 rings (SSSR count). The summed E-state index contributed by atoms with van der Waals surface area (Å²) in [7, 11) is 0. The molecule has 0 radical (unpaired) electrons. The number of nitrogens with one attached hydrogen (secondary N) is 2. The summed E-state index contributed by atoms with van der Waals surface area (Å²) >= 11 is 5.13. The second kappa shape index (κ2) is 6.44. The SMILES string of the molecule is O=C(NC(=S)Nc1ccccc1)c1ccc2c(c1)OCCO2.